The van der Waals surface area contributed by atoms with Gasteiger partial charge in [0, 0.05) is 10.5 Å². The van der Waals surface area contributed by atoms with Gasteiger partial charge < -0.3 is 4.74 Å². The predicted octanol–water partition coefficient (Wildman–Crippen LogP) is 2.60. The third kappa shape index (κ3) is 1.57. The van der Waals surface area contributed by atoms with Crippen molar-refractivity contribution in [3.8, 4) is 5.75 Å². The fourth-order valence-corrected chi connectivity index (χ4v) is 3.40. The first-order valence-corrected chi connectivity index (χ1v) is 6.90. The summed E-state index contributed by atoms with van der Waals surface area (Å²) < 4.78 is 5.87. The van der Waals surface area contributed by atoms with E-state index in [2.05, 4.69) is 15.9 Å². The van der Waals surface area contributed by atoms with E-state index < -0.39 is 0 Å². The summed E-state index contributed by atoms with van der Waals surface area (Å²) in [4.78, 5) is 26.0. The van der Waals surface area contributed by atoms with Gasteiger partial charge in [-0.15, -0.1) is 0 Å². The molecule has 2 unspecified atom stereocenters. The number of carbonyl (C=O) groups excluding carboxylic acids is 2. The van der Waals surface area contributed by atoms with Crippen molar-refractivity contribution in [3.63, 3.8) is 0 Å². The first-order valence-electron chi connectivity index (χ1n) is 6.11. The molecule has 0 spiro atoms. The largest absolute Gasteiger partial charge is 0.497 e. The van der Waals surface area contributed by atoms with E-state index in [0.717, 1.165) is 0 Å². The summed E-state index contributed by atoms with van der Waals surface area (Å²) in [5.74, 6) is 0.0812. The zero-order chi connectivity index (χ0) is 13.9. The number of rotatable bonds is 2. The lowest BCUT2D eigenvalue weighted by atomic mass is 10.1. The molecule has 1 heterocycles. The Bertz CT molecular complexity index is 572. The van der Waals surface area contributed by atoms with Crippen molar-refractivity contribution in [1.82, 2.24) is 0 Å². The molecule has 2 aliphatic rings. The number of piperidine rings is 1. The number of amides is 2. The van der Waals surface area contributed by atoms with Crippen molar-refractivity contribution < 1.29 is 14.3 Å². The topological polar surface area (TPSA) is 46.6 Å². The van der Waals surface area contributed by atoms with Crippen LogP contribution in [0.4, 0.5) is 5.69 Å². The third-order valence-electron chi connectivity index (χ3n) is 4.19. The number of benzene rings is 1. The van der Waals surface area contributed by atoms with Gasteiger partial charge in [-0.2, -0.15) is 0 Å². The van der Waals surface area contributed by atoms with Gasteiger partial charge in [-0.25, -0.2) is 4.90 Å². The summed E-state index contributed by atoms with van der Waals surface area (Å²) in [5, 5.41) is 0. The molecule has 1 aliphatic heterocycles. The monoisotopic (exact) mass is 323 g/mol. The number of halogens is 1. The van der Waals surface area contributed by atoms with Crippen LogP contribution in [0.25, 0.3) is 0 Å². The Morgan fingerprint density at radius 3 is 2.32 bits per heavy atom. The number of imide groups is 1. The molecule has 0 bridgehead atoms. The molecule has 19 heavy (non-hydrogen) atoms. The van der Waals surface area contributed by atoms with Gasteiger partial charge in [-0.05, 0) is 33.5 Å². The van der Waals surface area contributed by atoms with E-state index in [9.17, 15) is 9.59 Å². The Morgan fingerprint density at radius 1 is 1.21 bits per heavy atom. The number of ether oxygens (including phenoxy) is 1. The lowest BCUT2D eigenvalue weighted by Gasteiger charge is -2.22. The van der Waals surface area contributed by atoms with Gasteiger partial charge in [0.1, 0.15) is 5.75 Å². The van der Waals surface area contributed by atoms with Gasteiger partial charge >= 0.3 is 0 Å². The molecule has 1 saturated heterocycles. The van der Waals surface area contributed by atoms with Gasteiger partial charge in [-0.3, -0.25) is 9.59 Å². The van der Waals surface area contributed by atoms with Crippen molar-refractivity contribution in [2.45, 2.75) is 13.8 Å². The molecule has 2 fully saturated rings. The molecule has 2 amide bonds. The third-order valence-corrected chi connectivity index (χ3v) is 4.87. The number of methoxy groups -OCH3 is 1. The summed E-state index contributed by atoms with van der Waals surface area (Å²) in [6, 6.07) is 5.27. The van der Waals surface area contributed by atoms with E-state index in [1.165, 1.54) is 4.90 Å². The van der Waals surface area contributed by atoms with Crippen LogP contribution in [0.15, 0.2) is 22.7 Å². The zero-order valence-electron chi connectivity index (χ0n) is 10.9. The van der Waals surface area contributed by atoms with Crippen molar-refractivity contribution in [2.24, 2.45) is 17.3 Å². The molecule has 0 aromatic heterocycles. The smallest absolute Gasteiger partial charge is 0.238 e. The molecule has 1 saturated carbocycles. The quantitative estimate of drug-likeness (QED) is 0.786. The second kappa shape index (κ2) is 3.82. The summed E-state index contributed by atoms with van der Waals surface area (Å²) in [5.41, 5.74) is 0.382. The number of nitrogens with zero attached hydrogens (tertiary/aromatic N) is 1. The molecule has 100 valence electrons. The second-order valence-electron chi connectivity index (χ2n) is 5.61. The number of carbonyl (C=O) groups is 2. The van der Waals surface area contributed by atoms with Crippen LogP contribution in [0.5, 0.6) is 5.75 Å². The van der Waals surface area contributed by atoms with Crippen LogP contribution in [-0.2, 0) is 9.59 Å². The van der Waals surface area contributed by atoms with Crippen molar-refractivity contribution in [3.05, 3.63) is 22.7 Å². The lowest BCUT2D eigenvalue weighted by Crippen LogP contribution is -2.36. The van der Waals surface area contributed by atoms with Gasteiger partial charge in [0.15, 0.2) is 0 Å². The molecule has 1 aromatic carbocycles. The highest BCUT2D eigenvalue weighted by atomic mass is 79.9. The number of hydrogen-bond donors (Lipinski definition) is 0. The fraction of sp³-hybridized carbons (Fsp3) is 0.429. The molecule has 1 aliphatic carbocycles. The van der Waals surface area contributed by atoms with Gasteiger partial charge in [0.05, 0.1) is 24.6 Å². The fourth-order valence-electron chi connectivity index (χ4n) is 2.97. The Hall–Kier alpha value is -1.36. The van der Waals surface area contributed by atoms with Crippen molar-refractivity contribution in [1.29, 1.82) is 0 Å². The highest BCUT2D eigenvalue weighted by Gasteiger charge is 2.72. The molecule has 5 heteroatoms. The lowest BCUT2D eigenvalue weighted by molar-refractivity contribution is -0.125. The van der Waals surface area contributed by atoms with Crippen molar-refractivity contribution in [2.75, 3.05) is 12.0 Å². The summed E-state index contributed by atoms with van der Waals surface area (Å²) in [6.07, 6.45) is 0. The Balaban J connectivity index is 2.01. The summed E-state index contributed by atoms with van der Waals surface area (Å²) >= 11 is 3.39. The molecule has 0 radical (unpaired) electrons. The average molecular weight is 324 g/mol. The maximum absolute atomic E-state index is 12.4. The summed E-state index contributed by atoms with van der Waals surface area (Å²) in [6.45, 7) is 3.94. The first-order chi connectivity index (χ1) is 8.89. The minimum Gasteiger partial charge on any atom is -0.497 e. The van der Waals surface area contributed by atoms with Crippen LogP contribution >= 0.6 is 15.9 Å². The maximum Gasteiger partial charge on any atom is 0.238 e. The van der Waals surface area contributed by atoms with Crippen LogP contribution in [0.2, 0.25) is 0 Å². The van der Waals surface area contributed by atoms with Gasteiger partial charge in [0.25, 0.3) is 0 Å². The second-order valence-corrected chi connectivity index (χ2v) is 6.46. The van der Waals surface area contributed by atoms with E-state index in [0.29, 0.717) is 15.9 Å². The highest BCUT2D eigenvalue weighted by molar-refractivity contribution is 9.10. The van der Waals surface area contributed by atoms with E-state index in [1.807, 2.05) is 13.8 Å². The zero-order valence-corrected chi connectivity index (χ0v) is 12.5. The summed E-state index contributed by atoms with van der Waals surface area (Å²) in [7, 11) is 1.56. The molecule has 2 atom stereocenters. The number of anilines is 1. The van der Waals surface area contributed by atoms with Crippen LogP contribution < -0.4 is 9.64 Å². The van der Waals surface area contributed by atoms with E-state index >= 15 is 0 Å². The first kappa shape index (κ1) is 12.7. The molecule has 4 nitrogen and oxygen atoms in total. The Labute approximate surface area is 119 Å². The maximum atomic E-state index is 12.4. The average Bonchev–Trinajstić information content (AvgIpc) is 2.82. The van der Waals surface area contributed by atoms with Gasteiger partial charge in [0.2, 0.25) is 11.8 Å². The van der Waals surface area contributed by atoms with Crippen LogP contribution in [0.1, 0.15) is 13.8 Å². The Kier molecular flexibility index (Phi) is 2.55. The Morgan fingerprint density at radius 2 is 1.79 bits per heavy atom. The molecular weight excluding hydrogens is 310 g/mol. The highest BCUT2D eigenvalue weighted by Crippen LogP contribution is 2.64. The number of hydrogen-bond acceptors (Lipinski definition) is 3. The molecular formula is C14H14BrNO3. The molecule has 0 N–H and O–H groups in total. The molecule has 1 aromatic rings. The van der Waals surface area contributed by atoms with E-state index in [-0.39, 0.29) is 29.1 Å². The SMILES string of the molecule is COc1ccc(Br)c(N2C(=O)C3C(C2=O)C3(C)C)c1. The minimum atomic E-state index is -0.185. The standard InChI is InChI=1S/C14H14BrNO3/c1-14(2)10-11(14)13(18)16(12(10)17)9-6-7(19-3)4-5-8(9)15/h4-6,10-11H,1-3H3. The molecule has 3 rings (SSSR count). The van der Waals surface area contributed by atoms with Crippen LogP contribution in [0, 0.1) is 17.3 Å². The van der Waals surface area contributed by atoms with Gasteiger partial charge in [-0.1, -0.05) is 13.8 Å². The van der Waals surface area contributed by atoms with Crippen LogP contribution in [-0.4, -0.2) is 18.9 Å². The predicted molar refractivity (Wildman–Crippen MR) is 73.9 cm³/mol. The number of fused-ring (bicyclic) bond motifs is 1. The van der Waals surface area contributed by atoms with Crippen molar-refractivity contribution >= 4 is 33.4 Å². The van der Waals surface area contributed by atoms with Crippen LogP contribution in [0.3, 0.4) is 0 Å². The van der Waals surface area contributed by atoms with E-state index in [4.69, 9.17) is 4.74 Å². The van der Waals surface area contributed by atoms with E-state index in [1.54, 1.807) is 25.3 Å². The minimum absolute atomic E-state index is 0.103. The normalized spacial score (nSPS) is 27.5.